The van der Waals surface area contributed by atoms with E-state index >= 15 is 0 Å². The van der Waals surface area contributed by atoms with Crippen LogP contribution in [0.25, 0.3) is 0 Å². The molecule has 0 bridgehead atoms. The summed E-state index contributed by atoms with van der Waals surface area (Å²) in [6.45, 7) is 5.25. The average molecular weight is 432 g/mol. The van der Waals surface area contributed by atoms with Gasteiger partial charge in [-0.2, -0.15) is 0 Å². The van der Waals surface area contributed by atoms with Crippen LogP contribution in [0.3, 0.4) is 0 Å². The molecular formula is C22H24O9. The molecule has 0 unspecified atom stereocenters. The van der Waals surface area contributed by atoms with Gasteiger partial charge in [-0.3, -0.25) is 14.4 Å². The molecule has 10 atom stereocenters. The van der Waals surface area contributed by atoms with Gasteiger partial charge in [-0.15, -0.1) is 0 Å². The van der Waals surface area contributed by atoms with E-state index in [0.29, 0.717) is 12.0 Å². The number of hydrogen-bond acceptors (Lipinski definition) is 9. The highest BCUT2D eigenvalue weighted by Gasteiger charge is 2.83. The molecule has 2 spiro atoms. The number of hydrogen-bond donors (Lipinski definition) is 1. The summed E-state index contributed by atoms with van der Waals surface area (Å²) in [5, 5.41) is 11.2. The fourth-order valence-electron chi connectivity index (χ4n) is 7.71. The summed E-state index contributed by atoms with van der Waals surface area (Å²) < 4.78 is 21.9. The van der Waals surface area contributed by atoms with Crippen LogP contribution < -0.4 is 0 Å². The summed E-state index contributed by atoms with van der Waals surface area (Å²) in [6, 6.07) is 0. The van der Waals surface area contributed by atoms with E-state index in [1.165, 1.54) is 13.0 Å². The number of epoxide rings is 1. The summed E-state index contributed by atoms with van der Waals surface area (Å²) in [6.07, 6.45) is -1.44. The predicted octanol–water partition coefficient (Wildman–Crippen LogP) is 0.282. The molecule has 0 radical (unpaired) electrons. The smallest absolute Gasteiger partial charge is 0.334 e. The number of carbonyl (C=O) groups excluding carboxylic acids is 4. The van der Waals surface area contributed by atoms with Crippen LogP contribution in [-0.4, -0.2) is 60.0 Å². The minimum atomic E-state index is -1.59. The lowest BCUT2D eigenvalue weighted by atomic mass is 9.36. The Morgan fingerprint density at radius 2 is 2.03 bits per heavy atom. The third-order valence-electron chi connectivity index (χ3n) is 9.06. The second kappa shape index (κ2) is 5.56. The van der Waals surface area contributed by atoms with E-state index in [2.05, 4.69) is 0 Å². The Hall–Kier alpha value is -2.26. The highest BCUT2D eigenvalue weighted by atomic mass is 16.8. The number of fused-ring (bicyclic) bond motifs is 3. The van der Waals surface area contributed by atoms with Gasteiger partial charge in [0.15, 0.2) is 11.2 Å². The van der Waals surface area contributed by atoms with Gasteiger partial charge < -0.3 is 24.1 Å². The Labute approximate surface area is 178 Å². The number of carbonyl (C=O) groups is 4. The lowest BCUT2D eigenvalue weighted by molar-refractivity contribution is -0.221. The molecular weight excluding hydrogens is 408 g/mol. The van der Waals surface area contributed by atoms with Crippen LogP contribution in [0.5, 0.6) is 0 Å². The normalized spacial score (nSPS) is 53.7. The molecule has 31 heavy (non-hydrogen) atoms. The van der Waals surface area contributed by atoms with Crippen LogP contribution in [0.2, 0.25) is 0 Å². The molecule has 1 N–H and O–H groups in total. The summed E-state index contributed by atoms with van der Waals surface area (Å²) in [7, 11) is 0. The fourth-order valence-corrected chi connectivity index (χ4v) is 7.71. The number of cyclic esters (lactones) is 1. The SMILES string of the molecule is CC(=O)O[C@@H]1C[C@]23COC(=O)C2=C[C@H](O)[C@@H]2[C@@H]3[C@@](C)(CC(=O)[C@]23C(=O)O[C@H]2O[C@H]23)[C@@H]1C. The van der Waals surface area contributed by atoms with Crippen molar-refractivity contribution in [2.45, 2.75) is 58.2 Å². The molecule has 3 aliphatic carbocycles. The predicted molar refractivity (Wildman–Crippen MR) is 98.7 cm³/mol. The standard InChI is InChI=1S/C22H24O9/c1-8-12(29-9(2)23)5-21-7-28-17(26)10(21)4-11(24)14-15(21)20(8,3)6-13(25)22(14)16-18(30-16)31-19(22)27/h4,8,11-12,14-16,18,24H,5-7H2,1-3H3/t8-,11+,12-,14-,15-,16-,18-,20+,21+,22+/m1/s1. The minimum absolute atomic E-state index is 0.0325. The molecule has 3 saturated heterocycles. The third kappa shape index (κ3) is 2.01. The summed E-state index contributed by atoms with van der Waals surface area (Å²) in [5.74, 6) is -3.43. The first-order valence-corrected chi connectivity index (χ1v) is 10.7. The Kier molecular flexibility index (Phi) is 3.48. The second-order valence-corrected chi connectivity index (χ2v) is 10.3. The maximum Gasteiger partial charge on any atom is 0.334 e. The van der Waals surface area contributed by atoms with Crippen LogP contribution >= 0.6 is 0 Å². The van der Waals surface area contributed by atoms with Crippen LogP contribution in [0.1, 0.15) is 33.6 Å². The number of ketones is 1. The van der Waals surface area contributed by atoms with Crippen molar-refractivity contribution in [2.24, 2.45) is 34.0 Å². The third-order valence-corrected chi connectivity index (χ3v) is 9.06. The topological polar surface area (TPSA) is 129 Å². The van der Waals surface area contributed by atoms with Gasteiger partial charge in [0, 0.05) is 30.3 Å². The summed E-state index contributed by atoms with van der Waals surface area (Å²) in [5.41, 5.74) is -2.86. The number of ether oxygens (including phenoxy) is 4. The van der Waals surface area contributed by atoms with Gasteiger partial charge in [0.1, 0.15) is 18.8 Å². The molecule has 9 heteroatoms. The number of Topliss-reactive ketones (excluding diaryl/α,β-unsaturated/α-hetero) is 1. The zero-order valence-corrected chi connectivity index (χ0v) is 17.5. The van der Waals surface area contributed by atoms with E-state index in [-0.39, 0.29) is 24.7 Å². The molecule has 166 valence electrons. The molecule has 0 amide bonds. The number of aliphatic hydroxyl groups excluding tert-OH is 1. The fraction of sp³-hybridized carbons (Fsp3) is 0.727. The highest BCUT2D eigenvalue weighted by Crippen LogP contribution is 2.73. The van der Waals surface area contributed by atoms with Crippen molar-refractivity contribution in [3.05, 3.63) is 11.6 Å². The largest absolute Gasteiger partial charge is 0.462 e. The van der Waals surface area contributed by atoms with Crippen molar-refractivity contribution in [1.29, 1.82) is 0 Å². The van der Waals surface area contributed by atoms with Crippen molar-refractivity contribution in [3.63, 3.8) is 0 Å². The summed E-state index contributed by atoms with van der Waals surface area (Å²) in [4.78, 5) is 51.2. The molecule has 9 nitrogen and oxygen atoms in total. The molecule has 0 aromatic heterocycles. The van der Waals surface area contributed by atoms with Gasteiger partial charge in [-0.1, -0.05) is 13.8 Å². The van der Waals surface area contributed by atoms with Gasteiger partial charge in [-0.25, -0.2) is 4.79 Å². The van der Waals surface area contributed by atoms with Crippen molar-refractivity contribution in [2.75, 3.05) is 6.61 Å². The van der Waals surface area contributed by atoms with Gasteiger partial charge >= 0.3 is 17.9 Å². The monoisotopic (exact) mass is 432 g/mol. The molecule has 6 rings (SSSR count). The Balaban J connectivity index is 1.59. The van der Waals surface area contributed by atoms with Crippen LogP contribution in [-0.2, 0) is 38.1 Å². The first-order chi connectivity index (χ1) is 14.6. The van der Waals surface area contributed by atoms with E-state index in [4.69, 9.17) is 18.9 Å². The van der Waals surface area contributed by atoms with Gasteiger partial charge in [0.25, 0.3) is 0 Å². The average Bonchev–Trinajstić information content (AvgIpc) is 3.29. The molecule has 3 aliphatic heterocycles. The van der Waals surface area contributed by atoms with E-state index in [1.807, 2.05) is 13.8 Å². The van der Waals surface area contributed by atoms with Crippen molar-refractivity contribution < 1.29 is 43.2 Å². The first kappa shape index (κ1) is 19.4. The number of esters is 3. The molecule has 6 aliphatic rings. The maximum atomic E-state index is 13.7. The van der Waals surface area contributed by atoms with Crippen LogP contribution in [0.4, 0.5) is 0 Å². The zero-order valence-electron chi connectivity index (χ0n) is 17.5. The van der Waals surface area contributed by atoms with Crippen molar-refractivity contribution >= 4 is 23.7 Å². The van der Waals surface area contributed by atoms with E-state index < -0.39 is 70.6 Å². The first-order valence-electron chi connectivity index (χ1n) is 10.7. The van der Waals surface area contributed by atoms with Gasteiger partial charge in [-0.05, 0) is 29.7 Å². The Bertz CT molecular complexity index is 985. The molecule has 0 aromatic carbocycles. The summed E-state index contributed by atoms with van der Waals surface area (Å²) >= 11 is 0. The second-order valence-electron chi connectivity index (χ2n) is 10.3. The number of rotatable bonds is 1. The lowest BCUT2D eigenvalue weighted by Crippen LogP contribution is -2.71. The zero-order chi connectivity index (χ0) is 22.1. The van der Waals surface area contributed by atoms with E-state index in [1.54, 1.807) is 0 Å². The van der Waals surface area contributed by atoms with Gasteiger partial charge in [0.05, 0.1) is 6.10 Å². The van der Waals surface area contributed by atoms with Crippen LogP contribution in [0, 0.1) is 34.0 Å². The number of aliphatic hydroxyl groups is 1. The maximum absolute atomic E-state index is 13.7. The molecule has 2 saturated carbocycles. The van der Waals surface area contributed by atoms with E-state index in [0.717, 1.165) is 0 Å². The molecule has 5 fully saturated rings. The lowest BCUT2D eigenvalue weighted by Gasteiger charge is -2.65. The Morgan fingerprint density at radius 1 is 1.29 bits per heavy atom. The quantitative estimate of drug-likeness (QED) is 0.269. The van der Waals surface area contributed by atoms with Crippen molar-refractivity contribution in [3.8, 4) is 0 Å². The highest BCUT2D eigenvalue weighted by molar-refractivity contribution is 6.08. The molecule has 0 aromatic rings. The van der Waals surface area contributed by atoms with E-state index in [9.17, 15) is 24.3 Å². The Morgan fingerprint density at radius 3 is 2.68 bits per heavy atom. The molecule has 3 heterocycles. The van der Waals surface area contributed by atoms with Crippen LogP contribution in [0.15, 0.2) is 11.6 Å². The minimum Gasteiger partial charge on any atom is -0.462 e. The van der Waals surface area contributed by atoms with Crippen molar-refractivity contribution in [1.82, 2.24) is 0 Å². The van der Waals surface area contributed by atoms with Gasteiger partial charge in [0.2, 0.25) is 6.29 Å².